The Morgan fingerprint density at radius 1 is 1.29 bits per heavy atom. The van der Waals surface area contributed by atoms with E-state index in [-0.39, 0.29) is 11.8 Å². The second-order valence-corrected chi connectivity index (χ2v) is 5.78. The Morgan fingerprint density at radius 3 is 3.00 bits per heavy atom. The lowest BCUT2D eigenvalue weighted by atomic mass is 9.78. The topological polar surface area (TPSA) is 68.0 Å². The lowest BCUT2D eigenvalue weighted by Crippen LogP contribution is -2.35. The quantitative estimate of drug-likeness (QED) is 0.910. The Labute approximate surface area is 124 Å². The minimum absolute atomic E-state index is 0.0377. The Balaban J connectivity index is 1.83. The van der Waals surface area contributed by atoms with Gasteiger partial charge in [0.1, 0.15) is 0 Å². The van der Waals surface area contributed by atoms with E-state index in [0.29, 0.717) is 12.5 Å². The van der Waals surface area contributed by atoms with E-state index in [1.165, 1.54) is 6.42 Å². The van der Waals surface area contributed by atoms with Crippen LogP contribution in [-0.2, 0) is 4.79 Å². The number of carbonyl (C=O) groups excluding carboxylic acids is 1. The summed E-state index contributed by atoms with van der Waals surface area (Å²) < 4.78 is 0. The molecule has 3 rings (SSSR count). The molecule has 1 fully saturated rings. The van der Waals surface area contributed by atoms with Crippen LogP contribution in [0.15, 0.2) is 36.7 Å². The molecular formula is C17H21N3O. The van der Waals surface area contributed by atoms with Crippen molar-refractivity contribution in [2.45, 2.75) is 25.7 Å². The molecule has 1 heterocycles. The van der Waals surface area contributed by atoms with Crippen LogP contribution in [0.1, 0.15) is 25.7 Å². The predicted molar refractivity (Wildman–Crippen MR) is 84.9 cm³/mol. The highest BCUT2D eigenvalue weighted by atomic mass is 16.1. The fraction of sp³-hybridized carbons (Fsp3) is 0.412. The van der Waals surface area contributed by atoms with Crippen LogP contribution >= 0.6 is 0 Å². The molecule has 1 saturated carbocycles. The molecule has 1 aromatic carbocycles. The van der Waals surface area contributed by atoms with Gasteiger partial charge >= 0.3 is 0 Å². The zero-order valence-corrected chi connectivity index (χ0v) is 12.1. The zero-order chi connectivity index (χ0) is 14.7. The van der Waals surface area contributed by atoms with E-state index < -0.39 is 0 Å². The van der Waals surface area contributed by atoms with Crippen LogP contribution in [0, 0.1) is 11.8 Å². The predicted octanol–water partition coefficient (Wildman–Crippen LogP) is 2.94. The van der Waals surface area contributed by atoms with Gasteiger partial charge in [-0.25, -0.2) is 0 Å². The number of nitrogens with one attached hydrogen (secondary N) is 1. The molecule has 1 aliphatic carbocycles. The molecule has 4 nitrogen and oxygen atoms in total. The Morgan fingerprint density at radius 2 is 2.14 bits per heavy atom. The van der Waals surface area contributed by atoms with Crippen LogP contribution < -0.4 is 11.1 Å². The van der Waals surface area contributed by atoms with Crippen molar-refractivity contribution in [1.29, 1.82) is 0 Å². The third-order valence-electron chi connectivity index (χ3n) is 4.49. The fourth-order valence-corrected chi connectivity index (χ4v) is 3.28. The number of hydrogen-bond donors (Lipinski definition) is 2. The first kappa shape index (κ1) is 14.0. The van der Waals surface area contributed by atoms with E-state index >= 15 is 0 Å². The van der Waals surface area contributed by atoms with Crippen LogP contribution in [-0.4, -0.2) is 17.4 Å². The van der Waals surface area contributed by atoms with Gasteiger partial charge in [0, 0.05) is 23.7 Å². The normalized spacial score (nSPS) is 22.1. The third-order valence-corrected chi connectivity index (χ3v) is 4.49. The molecule has 1 amide bonds. The molecule has 0 aliphatic heterocycles. The van der Waals surface area contributed by atoms with E-state index in [9.17, 15) is 4.79 Å². The van der Waals surface area contributed by atoms with Crippen molar-refractivity contribution < 1.29 is 4.79 Å². The summed E-state index contributed by atoms with van der Waals surface area (Å²) in [6.45, 7) is 0.592. The number of aromatic nitrogens is 1. The van der Waals surface area contributed by atoms with Gasteiger partial charge in [-0.2, -0.15) is 0 Å². The monoisotopic (exact) mass is 283 g/mol. The van der Waals surface area contributed by atoms with Crippen molar-refractivity contribution in [3.05, 3.63) is 36.7 Å². The number of carbonyl (C=O) groups is 1. The molecule has 110 valence electrons. The van der Waals surface area contributed by atoms with Gasteiger partial charge in [-0.3, -0.25) is 9.78 Å². The van der Waals surface area contributed by atoms with Gasteiger partial charge < -0.3 is 11.1 Å². The Kier molecular flexibility index (Phi) is 4.15. The number of nitrogens with zero attached hydrogens (tertiary/aromatic N) is 1. The average Bonchev–Trinajstić information content (AvgIpc) is 2.55. The van der Waals surface area contributed by atoms with Crippen molar-refractivity contribution in [2.24, 2.45) is 17.6 Å². The smallest absolute Gasteiger partial charge is 0.227 e. The van der Waals surface area contributed by atoms with Gasteiger partial charge in [0.05, 0.1) is 5.69 Å². The molecule has 2 atom stereocenters. The molecule has 21 heavy (non-hydrogen) atoms. The largest absolute Gasteiger partial charge is 0.330 e. The van der Waals surface area contributed by atoms with Gasteiger partial charge in [0.15, 0.2) is 0 Å². The van der Waals surface area contributed by atoms with E-state index in [1.54, 1.807) is 12.4 Å². The van der Waals surface area contributed by atoms with Crippen LogP contribution in [0.5, 0.6) is 0 Å². The first-order valence-electron chi connectivity index (χ1n) is 7.63. The summed E-state index contributed by atoms with van der Waals surface area (Å²) in [5.41, 5.74) is 6.67. The summed E-state index contributed by atoms with van der Waals surface area (Å²) in [6, 6.07) is 7.87. The summed E-state index contributed by atoms with van der Waals surface area (Å²) >= 11 is 0. The molecule has 0 spiro atoms. The second-order valence-electron chi connectivity index (χ2n) is 5.78. The van der Waals surface area contributed by atoms with E-state index in [0.717, 1.165) is 35.7 Å². The number of anilines is 1. The first-order valence-corrected chi connectivity index (χ1v) is 7.63. The van der Waals surface area contributed by atoms with Crippen molar-refractivity contribution >= 4 is 22.4 Å². The van der Waals surface area contributed by atoms with Gasteiger partial charge in [0.2, 0.25) is 5.91 Å². The minimum atomic E-state index is 0.0377. The summed E-state index contributed by atoms with van der Waals surface area (Å²) in [6.07, 6.45) is 7.86. The molecular weight excluding hydrogens is 262 g/mol. The minimum Gasteiger partial charge on any atom is -0.330 e. The number of nitrogens with two attached hydrogens (primary N) is 1. The molecule has 1 aliphatic rings. The van der Waals surface area contributed by atoms with Crippen LogP contribution in [0.3, 0.4) is 0 Å². The number of amides is 1. The number of fused-ring (bicyclic) bond motifs is 1. The fourth-order valence-electron chi connectivity index (χ4n) is 3.28. The molecule has 2 aromatic rings. The lowest BCUT2D eigenvalue weighted by Gasteiger charge is -2.29. The maximum Gasteiger partial charge on any atom is 0.227 e. The summed E-state index contributed by atoms with van der Waals surface area (Å²) in [7, 11) is 0. The van der Waals surface area contributed by atoms with Crippen LogP contribution in [0.2, 0.25) is 0 Å². The molecule has 3 N–H and O–H groups in total. The summed E-state index contributed by atoms with van der Waals surface area (Å²) in [5.74, 6) is 0.448. The van der Waals surface area contributed by atoms with Crippen LogP contribution in [0.25, 0.3) is 10.8 Å². The molecule has 0 radical (unpaired) electrons. The molecule has 0 bridgehead atoms. The average molecular weight is 283 g/mol. The van der Waals surface area contributed by atoms with Gasteiger partial charge in [-0.1, -0.05) is 25.0 Å². The third kappa shape index (κ3) is 2.90. The number of rotatable bonds is 3. The van der Waals surface area contributed by atoms with Gasteiger partial charge in [-0.05, 0) is 42.8 Å². The highest BCUT2D eigenvalue weighted by Gasteiger charge is 2.30. The first-order chi connectivity index (χ1) is 10.3. The molecule has 2 unspecified atom stereocenters. The van der Waals surface area contributed by atoms with Crippen molar-refractivity contribution in [3.8, 4) is 0 Å². The standard InChI is InChI=1S/C17H21N3O/c18-10-13-4-1-2-6-14(13)17(21)20-16-7-3-5-12-8-9-19-11-15(12)16/h3,5,7-9,11,13-14H,1-2,4,6,10,18H2,(H,20,21). The summed E-state index contributed by atoms with van der Waals surface area (Å²) in [4.78, 5) is 16.7. The Hall–Kier alpha value is -1.94. The number of benzene rings is 1. The molecule has 4 heteroatoms. The number of hydrogen-bond acceptors (Lipinski definition) is 3. The van der Waals surface area contributed by atoms with E-state index in [1.807, 2.05) is 24.3 Å². The number of pyridine rings is 1. The maximum atomic E-state index is 12.6. The Bertz CT molecular complexity index is 635. The maximum absolute atomic E-state index is 12.6. The van der Waals surface area contributed by atoms with Crippen molar-refractivity contribution in [1.82, 2.24) is 4.98 Å². The zero-order valence-electron chi connectivity index (χ0n) is 12.1. The SMILES string of the molecule is NCC1CCCCC1C(=O)Nc1cccc2ccncc12. The van der Waals surface area contributed by atoms with E-state index in [2.05, 4.69) is 10.3 Å². The lowest BCUT2D eigenvalue weighted by molar-refractivity contribution is -0.122. The highest BCUT2D eigenvalue weighted by molar-refractivity contribution is 6.02. The van der Waals surface area contributed by atoms with Crippen molar-refractivity contribution in [3.63, 3.8) is 0 Å². The van der Waals surface area contributed by atoms with Gasteiger partial charge in [0.25, 0.3) is 0 Å². The summed E-state index contributed by atoms with van der Waals surface area (Å²) in [5, 5.41) is 5.15. The second kappa shape index (κ2) is 6.22. The molecule has 1 aromatic heterocycles. The van der Waals surface area contributed by atoms with Crippen molar-refractivity contribution in [2.75, 3.05) is 11.9 Å². The van der Waals surface area contributed by atoms with E-state index in [4.69, 9.17) is 5.73 Å². The highest BCUT2D eigenvalue weighted by Crippen LogP contribution is 2.31. The molecule has 0 saturated heterocycles. The van der Waals surface area contributed by atoms with Gasteiger partial charge in [-0.15, -0.1) is 0 Å². The van der Waals surface area contributed by atoms with Crippen LogP contribution in [0.4, 0.5) is 5.69 Å².